The minimum absolute atomic E-state index is 0.0276. The first-order valence-corrected chi connectivity index (χ1v) is 6.53. The van der Waals surface area contributed by atoms with Crippen molar-refractivity contribution in [2.24, 2.45) is 0 Å². The highest BCUT2D eigenvalue weighted by atomic mass is 79.9. The molecular formula is C12H13BrN4O2. The molecule has 1 atom stereocenters. The quantitative estimate of drug-likeness (QED) is 0.677. The molecule has 0 saturated carbocycles. The summed E-state index contributed by atoms with van der Waals surface area (Å²) in [5.74, 6) is 0. The van der Waals surface area contributed by atoms with Crippen molar-refractivity contribution in [1.29, 1.82) is 0 Å². The summed E-state index contributed by atoms with van der Waals surface area (Å²) in [6.07, 6.45) is 3.56. The van der Waals surface area contributed by atoms with E-state index < -0.39 is 4.92 Å². The molecule has 0 aliphatic rings. The van der Waals surface area contributed by atoms with E-state index in [2.05, 4.69) is 26.3 Å². The van der Waals surface area contributed by atoms with Crippen LogP contribution in [-0.4, -0.2) is 20.7 Å². The molecular weight excluding hydrogens is 312 g/mol. The number of nitro groups is 1. The van der Waals surface area contributed by atoms with Gasteiger partial charge in [0.2, 0.25) is 0 Å². The summed E-state index contributed by atoms with van der Waals surface area (Å²) in [6, 6.07) is 6.83. The van der Waals surface area contributed by atoms with Crippen LogP contribution in [0, 0.1) is 10.1 Å². The van der Waals surface area contributed by atoms with Gasteiger partial charge in [-0.15, -0.1) is 0 Å². The van der Waals surface area contributed by atoms with Crippen molar-refractivity contribution in [3.05, 3.63) is 51.2 Å². The molecule has 2 aromatic rings. The average Bonchev–Trinajstić information content (AvgIpc) is 2.83. The number of hydrogen-bond acceptors (Lipinski definition) is 4. The topological polar surface area (TPSA) is 73.0 Å². The third-order valence-electron chi connectivity index (χ3n) is 2.58. The van der Waals surface area contributed by atoms with Crippen LogP contribution in [0.2, 0.25) is 0 Å². The van der Waals surface area contributed by atoms with Gasteiger partial charge in [0.1, 0.15) is 5.69 Å². The fourth-order valence-corrected chi connectivity index (χ4v) is 2.13. The SMILES string of the molecule is CC(Cn1cccn1)Nc1ccc(Br)cc1[N+](=O)[O-]. The number of hydrogen-bond donors (Lipinski definition) is 1. The number of nitrogens with one attached hydrogen (secondary N) is 1. The van der Waals surface area contributed by atoms with E-state index in [1.54, 1.807) is 23.0 Å². The molecule has 0 aliphatic heterocycles. The highest BCUT2D eigenvalue weighted by Crippen LogP contribution is 2.28. The standard InChI is InChI=1S/C12H13BrN4O2/c1-9(8-16-6-2-5-14-16)15-11-4-3-10(13)7-12(11)17(18)19/h2-7,9,15H,8H2,1H3. The number of halogens is 1. The molecule has 0 aliphatic carbocycles. The molecule has 1 unspecified atom stereocenters. The second kappa shape index (κ2) is 5.83. The van der Waals surface area contributed by atoms with Crippen molar-refractivity contribution in [2.75, 3.05) is 5.32 Å². The minimum Gasteiger partial charge on any atom is -0.375 e. The predicted molar refractivity (Wildman–Crippen MR) is 76.1 cm³/mol. The van der Waals surface area contributed by atoms with E-state index in [0.29, 0.717) is 16.7 Å². The maximum Gasteiger partial charge on any atom is 0.293 e. The van der Waals surface area contributed by atoms with Crippen molar-refractivity contribution in [1.82, 2.24) is 9.78 Å². The van der Waals surface area contributed by atoms with Crippen LogP contribution in [-0.2, 0) is 6.54 Å². The van der Waals surface area contributed by atoms with Crippen molar-refractivity contribution < 1.29 is 4.92 Å². The molecule has 1 aromatic carbocycles. The lowest BCUT2D eigenvalue weighted by atomic mass is 10.2. The van der Waals surface area contributed by atoms with E-state index >= 15 is 0 Å². The van der Waals surface area contributed by atoms with Gasteiger partial charge in [0.05, 0.1) is 11.5 Å². The molecule has 1 N–H and O–H groups in total. The van der Waals surface area contributed by atoms with E-state index in [1.165, 1.54) is 6.07 Å². The van der Waals surface area contributed by atoms with Crippen LogP contribution in [0.5, 0.6) is 0 Å². The smallest absolute Gasteiger partial charge is 0.293 e. The van der Waals surface area contributed by atoms with Gasteiger partial charge in [-0.3, -0.25) is 14.8 Å². The second-order valence-corrected chi connectivity index (χ2v) is 5.11. The van der Waals surface area contributed by atoms with Gasteiger partial charge in [0.15, 0.2) is 0 Å². The number of nitro benzene ring substituents is 1. The largest absolute Gasteiger partial charge is 0.375 e. The number of benzene rings is 1. The number of aromatic nitrogens is 2. The Labute approximate surface area is 118 Å². The summed E-state index contributed by atoms with van der Waals surface area (Å²) in [6.45, 7) is 2.59. The zero-order valence-corrected chi connectivity index (χ0v) is 11.9. The van der Waals surface area contributed by atoms with Crippen LogP contribution in [0.25, 0.3) is 0 Å². The Bertz CT molecular complexity index is 571. The first-order chi connectivity index (χ1) is 9.06. The zero-order chi connectivity index (χ0) is 13.8. The van der Waals surface area contributed by atoms with Crippen LogP contribution < -0.4 is 5.32 Å². The van der Waals surface area contributed by atoms with Gasteiger partial charge in [-0.2, -0.15) is 5.10 Å². The third kappa shape index (κ3) is 3.54. The molecule has 0 fully saturated rings. The van der Waals surface area contributed by atoms with Crippen LogP contribution in [0.4, 0.5) is 11.4 Å². The summed E-state index contributed by atoms with van der Waals surface area (Å²) >= 11 is 3.23. The lowest BCUT2D eigenvalue weighted by Crippen LogP contribution is -2.22. The van der Waals surface area contributed by atoms with Crippen molar-refractivity contribution in [3.8, 4) is 0 Å². The van der Waals surface area contributed by atoms with Crippen LogP contribution in [0.3, 0.4) is 0 Å². The first kappa shape index (κ1) is 13.5. The van der Waals surface area contributed by atoms with Gasteiger partial charge in [-0.25, -0.2) is 0 Å². The Morgan fingerprint density at radius 1 is 1.58 bits per heavy atom. The predicted octanol–water partition coefficient (Wildman–Crippen LogP) is 3.05. The Morgan fingerprint density at radius 3 is 3.00 bits per heavy atom. The molecule has 0 amide bonds. The van der Waals surface area contributed by atoms with Gasteiger partial charge >= 0.3 is 0 Å². The normalized spacial score (nSPS) is 12.1. The lowest BCUT2D eigenvalue weighted by Gasteiger charge is -2.15. The van der Waals surface area contributed by atoms with Crippen LogP contribution in [0.15, 0.2) is 41.1 Å². The molecule has 6 nitrogen and oxygen atoms in total. The molecule has 100 valence electrons. The van der Waals surface area contributed by atoms with Crippen LogP contribution >= 0.6 is 15.9 Å². The Balaban J connectivity index is 2.12. The highest BCUT2D eigenvalue weighted by Gasteiger charge is 2.15. The molecule has 7 heteroatoms. The fraction of sp³-hybridized carbons (Fsp3) is 0.250. The average molecular weight is 325 g/mol. The summed E-state index contributed by atoms with van der Waals surface area (Å²) in [4.78, 5) is 10.6. The second-order valence-electron chi connectivity index (χ2n) is 4.19. The number of rotatable bonds is 5. The van der Waals surface area contributed by atoms with E-state index in [4.69, 9.17) is 0 Å². The molecule has 1 heterocycles. The summed E-state index contributed by atoms with van der Waals surface area (Å²) < 4.78 is 2.46. The van der Waals surface area contributed by atoms with E-state index in [9.17, 15) is 10.1 Å². The van der Waals surface area contributed by atoms with E-state index in [1.807, 2.05) is 19.2 Å². The van der Waals surface area contributed by atoms with Crippen molar-refractivity contribution in [3.63, 3.8) is 0 Å². The molecule has 0 bridgehead atoms. The van der Waals surface area contributed by atoms with Gasteiger partial charge in [0, 0.05) is 29.0 Å². The molecule has 0 saturated heterocycles. The van der Waals surface area contributed by atoms with E-state index in [-0.39, 0.29) is 11.7 Å². The molecule has 0 spiro atoms. The number of nitrogens with zero attached hydrogens (tertiary/aromatic N) is 3. The Kier molecular flexibility index (Phi) is 4.16. The van der Waals surface area contributed by atoms with Gasteiger partial charge in [-0.1, -0.05) is 15.9 Å². The molecule has 19 heavy (non-hydrogen) atoms. The number of anilines is 1. The first-order valence-electron chi connectivity index (χ1n) is 5.74. The maximum absolute atomic E-state index is 11.0. The summed E-state index contributed by atoms with van der Waals surface area (Å²) in [5.41, 5.74) is 0.564. The minimum atomic E-state index is -0.395. The molecule has 2 rings (SSSR count). The third-order valence-corrected chi connectivity index (χ3v) is 3.07. The zero-order valence-electron chi connectivity index (χ0n) is 10.3. The summed E-state index contributed by atoms with van der Waals surface area (Å²) in [7, 11) is 0. The van der Waals surface area contributed by atoms with Crippen molar-refractivity contribution >= 4 is 27.3 Å². The Morgan fingerprint density at radius 2 is 2.37 bits per heavy atom. The maximum atomic E-state index is 11.0. The lowest BCUT2D eigenvalue weighted by molar-refractivity contribution is -0.384. The van der Waals surface area contributed by atoms with Crippen molar-refractivity contribution in [2.45, 2.75) is 19.5 Å². The van der Waals surface area contributed by atoms with Gasteiger partial charge < -0.3 is 5.32 Å². The summed E-state index contributed by atoms with van der Waals surface area (Å²) in [5, 5.41) is 18.2. The monoisotopic (exact) mass is 324 g/mol. The van der Waals surface area contributed by atoms with Gasteiger partial charge in [-0.05, 0) is 25.1 Å². The highest BCUT2D eigenvalue weighted by molar-refractivity contribution is 9.10. The van der Waals surface area contributed by atoms with E-state index in [0.717, 1.165) is 0 Å². The molecule has 0 radical (unpaired) electrons. The fourth-order valence-electron chi connectivity index (χ4n) is 1.78. The van der Waals surface area contributed by atoms with Crippen LogP contribution in [0.1, 0.15) is 6.92 Å². The van der Waals surface area contributed by atoms with Gasteiger partial charge in [0.25, 0.3) is 5.69 Å². The Hall–Kier alpha value is -1.89. The molecule has 1 aromatic heterocycles.